The number of ether oxygens (including phenoxy) is 1. The highest BCUT2D eigenvalue weighted by Crippen LogP contribution is 2.39. The van der Waals surface area contributed by atoms with Crippen LogP contribution in [-0.4, -0.2) is 9.97 Å². The van der Waals surface area contributed by atoms with Crippen molar-refractivity contribution in [2.75, 3.05) is 5.43 Å². The third-order valence-corrected chi connectivity index (χ3v) is 3.06. The molecular weight excluding hydrogens is 264 g/mol. The monoisotopic (exact) mass is 276 g/mol. The van der Waals surface area contributed by atoms with Crippen molar-refractivity contribution in [1.82, 2.24) is 9.97 Å². The number of hydrazine groups is 1. The predicted molar refractivity (Wildman–Crippen MR) is 73.3 cm³/mol. The van der Waals surface area contributed by atoms with Crippen LogP contribution in [0.15, 0.2) is 30.3 Å². The summed E-state index contributed by atoms with van der Waals surface area (Å²) in [6.07, 6.45) is 2.23. The number of nitrogens with two attached hydrogens (primary N) is 1. The summed E-state index contributed by atoms with van der Waals surface area (Å²) in [6, 6.07) is 8.82. The van der Waals surface area contributed by atoms with E-state index in [0.29, 0.717) is 28.4 Å². The SMILES string of the molecule is NNc1cc(Oc2cccc(Cl)c2)nc(C2CC2)n1. The molecule has 0 saturated heterocycles. The van der Waals surface area contributed by atoms with E-state index in [-0.39, 0.29) is 0 Å². The number of hydrogen-bond acceptors (Lipinski definition) is 5. The fourth-order valence-corrected chi connectivity index (χ4v) is 1.92. The van der Waals surface area contributed by atoms with Gasteiger partial charge in [0.15, 0.2) is 0 Å². The van der Waals surface area contributed by atoms with E-state index < -0.39 is 0 Å². The first-order chi connectivity index (χ1) is 9.24. The van der Waals surface area contributed by atoms with Crippen LogP contribution in [0.4, 0.5) is 5.82 Å². The van der Waals surface area contributed by atoms with Gasteiger partial charge in [0, 0.05) is 17.0 Å². The van der Waals surface area contributed by atoms with Gasteiger partial charge in [-0.15, -0.1) is 0 Å². The lowest BCUT2D eigenvalue weighted by molar-refractivity contribution is 0.459. The molecule has 1 aliphatic carbocycles. The van der Waals surface area contributed by atoms with Gasteiger partial charge in [0.25, 0.3) is 0 Å². The third kappa shape index (κ3) is 2.94. The molecule has 3 N–H and O–H groups in total. The van der Waals surface area contributed by atoms with Crippen molar-refractivity contribution in [1.29, 1.82) is 0 Å². The zero-order valence-corrected chi connectivity index (χ0v) is 10.9. The topological polar surface area (TPSA) is 73.1 Å². The van der Waals surface area contributed by atoms with E-state index in [1.807, 2.05) is 12.1 Å². The molecule has 0 spiro atoms. The highest BCUT2D eigenvalue weighted by molar-refractivity contribution is 6.30. The Bertz CT molecular complexity index is 601. The molecule has 0 bridgehead atoms. The number of nitrogens with zero attached hydrogens (tertiary/aromatic N) is 2. The second-order valence-electron chi connectivity index (χ2n) is 4.43. The summed E-state index contributed by atoms with van der Waals surface area (Å²) in [5.74, 6) is 8.26. The van der Waals surface area contributed by atoms with Crippen molar-refractivity contribution >= 4 is 17.4 Å². The van der Waals surface area contributed by atoms with Crippen LogP contribution in [0.5, 0.6) is 11.6 Å². The van der Waals surface area contributed by atoms with E-state index >= 15 is 0 Å². The molecule has 1 saturated carbocycles. The van der Waals surface area contributed by atoms with Crippen LogP contribution in [0, 0.1) is 0 Å². The number of nitrogen functional groups attached to an aromatic ring is 1. The molecular formula is C13H13ClN4O. The van der Waals surface area contributed by atoms with E-state index in [1.165, 1.54) is 0 Å². The van der Waals surface area contributed by atoms with Crippen LogP contribution in [0.3, 0.4) is 0 Å². The molecule has 98 valence electrons. The molecule has 0 radical (unpaired) electrons. The lowest BCUT2D eigenvalue weighted by Crippen LogP contribution is -2.10. The molecule has 0 amide bonds. The Balaban J connectivity index is 1.89. The first kappa shape index (κ1) is 12.2. The minimum Gasteiger partial charge on any atom is -0.439 e. The fourth-order valence-electron chi connectivity index (χ4n) is 1.74. The molecule has 0 unspecified atom stereocenters. The Hall–Kier alpha value is -1.85. The first-order valence-corrected chi connectivity index (χ1v) is 6.41. The van der Waals surface area contributed by atoms with Crippen LogP contribution in [0.2, 0.25) is 5.02 Å². The predicted octanol–water partition coefficient (Wildman–Crippen LogP) is 3.09. The van der Waals surface area contributed by atoms with Gasteiger partial charge in [0.1, 0.15) is 17.4 Å². The standard InChI is InChI=1S/C13H13ClN4O/c14-9-2-1-3-10(6-9)19-12-7-11(18-15)16-13(17-12)8-4-5-8/h1-3,6-8H,4-5,15H2,(H,16,17,18). The molecule has 2 aromatic rings. The molecule has 19 heavy (non-hydrogen) atoms. The minimum absolute atomic E-state index is 0.426. The number of halogens is 1. The van der Waals surface area contributed by atoms with E-state index in [1.54, 1.807) is 18.2 Å². The van der Waals surface area contributed by atoms with Gasteiger partial charge in [-0.05, 0) is 31.0 Å². The molecule has 1 aliphatic rings. The number of aromatic nitrogens is 2. The van der Waals surface area contributed by atoms with Gasteiger partial charge in [0.05, 0.1) is 0 Å². The number of hydrogen-bond donors (Lipinski definition) is 2. The van der Waals surface area contributed by atoms with Gasteiger partial charge in [-0.3, -0.25) is 0 Å². The molecule has 5 nitrogen and oxygen atoms in total. The maximum atomic E-state index is 5.92. The Kier molecular flexibility index (Phi) is 3.23. The lowest BCUT2D eigenvalue weighted by atomic mass is 10.3. The highest BCUT2D eigenvalue weighted by Gasteiger charge is 2.27. The Morgan fingerprint density at radius 1 is 1.26 bits per heavy atom. The zero-order chi connectivity index (χ0) is 13.2. The summed E-state index contributed by atoms with van der Waals surface area (Å²) in [5, 5.41) is 0.617. The second-order valence-corrected chi connectivity index (χ2v) is 4.86. The zero-order valence-electron chi connectivity index (χ0n) is 10.1. The Morgan fingerprint density at radius 2 is 2.11 bits per heavy atom. The highest BCUT2D eigenvalue weighted by atomic mass is 35.5. The number of nitrogens with one attached hydrogen (secondary N) is 1. The lowest BCUT2D eigenvalue weighted by Gasteiger charge is -2.08. The third-order valence-electron chi connectivity index (χ3n) is 2.83. The van der Waals surface area contributed by atoms with Crippen molar-refractivity contribution < 1.29 is 4.74 Å². The number of anilines is 1. The Labute approximate surface area is 115 Å². The summed E-state index contributed by atoms with van der Waals surface area (Å²) < 4.78 is 5.69. The van der Waals surface area contributed by atoms with Crippen LogP contribution in [0.25, 0.3) is 0 Å². The van der Waals surface area contributed by atoms with Crippen molar-refractivity contribution in [2.45, 2.75) is 18.8 Å². The van der Waals surface area contributed by atoms with Crippen LogP contribution in [0.1, 0.15) is 24.6 Å². The maximum absolute atomic E-state index is 5.92. The molecule has 1 heterocycles. The van der Waals surface area contributed by atoms with Crippen molar-refractivity contribution in [3.8, 4) is 11.6 Å². The molecule has 0 atom stereocenters. The summed E-state index contributed by atoms with van der Waals surface area (Å²) in [5.41, 5.74) is 2.53. The molecule has 3 rings (SSSR count). The molecule has 1 aromatic heterocycles. The van der Waals surface area contributed by atoms with Crippen LogP contribution >= 0.6 is 11.6 Å². The van der Waals surface area contributed by atoms with Gasteiger partial charge >= 0.3 is 0 Å². The van der Waals surface area contributed by atoms with E-state index in [0.717, 1.165) is 18.7 Å². The quantitative estimate of drug-likeness (QED) is 0.663. The average Bonchev–Trinajstić information content (AvgIpc) is 3.22. The molecule has 1 fully saturated rings. The maximum Gasteiger partial charge on any atom is 0.224 e. The van der Waals surface area contributed by atoms with Gasteiger partial charge in [-0.1, -0.05) is 17.7 Å². The van der Waals surface area contributed by atoms with Crippen molar-refractivity contribution in [3.05, 3.63) is 41.2 Å². The molecule has 1 aromatic carbocycles. The van der Waals surface area contributed by atoms with Crippen LogP contribution in [-0.2, 0) is 0 Å². The number of rotatable bonds is 4. The summed E-state index contributed by atoms with van der Waals surface area (Å²) >= 11 is 5.92. The van der Waals surface area contributed by atoms with E-state index in [4.69, 9.17) is 22.2 Å². The molecule has 6 heteroatoms. The minimum atomic E-state index is 0.426. The van der Waals surface area contributed by atoms with Gasteiger partial charge < -0.3 is 10.2 Å². The van der Waals surface area contributed by atoms with Gasteiger partial charge in [-0.2, -0.15) is 4.98 Å². The summed E-state index contributed by atoms with van der Waals surface area (Å²) in [7, 11) is 0. The van der Waals surface area contributed by atoms with Gasteiger partial charge in [-0.25, -0.2) is 10.8 Å². The number of benzene rings is 1. The van der Waals surface area contributed by atoms with Crippen molar-refractivity contribution in [3.63, 3.8) is 0 Å². The summed E-state index contributed by atoms with van der Waals surface area (Å²) in [6.45, 7) is 0. The second kappa shape index (κ2) is 5.03. The summed E-state index contributed by atoms with van der Waals surface area (Å²) in [4.78, 5) is 8.72. The smallest absolute Gasteiger partial charge is 0.224 e. The normalized spacial score (nSPS) is 14.2. The van der Waals surface area contributed by atoms with Crippen LogP contribution < -0.4 is 16.0 Å². The molecule has 0 aliphatic heterocycles. The average molecular weight is 277 g/mol. The Morgan fingerprint density at radius 3 is 2.79 bits per heavy atom. The largest absolute Gasteiger partial charge is 0.439 e. The van der Waals surface area contributed by atoms with Gasteiger partial charge in [0.2, 0.25) is 5.88 Å². The van der Waals surface area contributed by atoms with E-state index in [9.17, 15) is 0 Å². The first-order valence-electron chi connectivity index (χ1n) is 6.03. The fraction of sp³-hybridized carbons (Fsp3) is 0.231. The van der Waals surface area contributed by atoms with E-state index in [2.05, 4.69) is 15.4 Å². The van der Waals surface area contributed by atoms with Crippen molar-refractivity contribution in [2.24, 2.45) is 5.84 Å².